The van der Waals surface area contributed by atoms with Gasteiger partial charge >= 0.3 is 0 Å². The zero-order valence-corrected chi connectivity index (χ0v) is 13.3. The lowest BCUT2D eigenvalue weighted by Crippen LogP contribution is -2.00. The lowest BCUT2D eigenvalue weighted by atomic mass is 10.1. The molecule has 0 fully saturated rings. The molecule has 0 saturated carbocycles. The van der Waals surface area contributed by atoms with Crippen molar-refractivity contribution in [2.75, 3.05) is 18.1 Å². The second-order valence-electron chi connectivity index (χ2n) is 4.82. The van der Waals surface area contributed by atoms with Gasteiger partial charge in [0.25, 0.3) is 0 Å². The van der Waals surface area contributed by atoms with Crippen LogP contribution in [0, 0.1) is 0 Å². The Hall–Kier alpha value is -0.630. The minimum Gasteiger partial charge on any atom is -0.493 e. The summed E-state index contributed by atoms with van der Waals surface area (Å²) in [5.74, 6) is 3.65. The smallest absolute Gasteiger partial charge is 0.122 e. The SMILES string of the molecule is CCCc1ccccc1OCCCCCCSCC. The minimum absolute atomic E-state index is 0.863. The van der Waals surface area contributed by atoms with Gasteiger partial charge in [0, 0.05) is 0 Å². The molecule has 1 rings (SSSR count). The Bertz CT molecular complexity index is 325. The Labute approximate surface area is 123 Å². The predicted octanol–water partition coefficient (Wildman–Crippen LogP) is 5.33. The Morgan fingerprint density at radius 1 is 1.00 bits per heavy atom. The number of aryl methyl sites for hydroxylation is 1. The van der Waals surface area contributed by atoms with E-state index in [1.807, 2.05) is 11.8 Å². The van der Waals surface area contributed by atoms with E-state index < -0.39 is 0 Å². The summed E-state index contributed by atoms with van der Waals surface area (Å²) < 4.78 is 5.91. The highest BCUT2D eigenvalue weighted by molar-refractivity contribution is 7.99. The monoisotopic (exact) mass is 280 g/mol. The van der Waals surface area contributed by atoms with Gasteiger partial charge in [-0.25, -0.2) is 0 Å². The molecule has 0 aliphatic heterocycles. The fourth-order valence-corrected chi connectivity index (χ4v) is 2.80. The second kappa shape index (κ2) is 11.2. The van der Waals surface area contributed by atoms with Crippen molar-refractivity contribution in [3.63, 3.8) is 0 Å². The first kappa shape index (κ1) is 16.4. The van der Waals surface area contributed by atoms with Crippen LogP contribution in [0.25, 0.3) is 0 Å². The average Bonchev–Trinajstić information content (AvgIpc) is 2.44. The zero-order chi connectivity index (χ0) is 13.8. The maximum absolute atomic E-state index is 5.91. The van der Waals surface area contributed by atoms with Crippen LogP contribution in [0.5, 0.6) is 5.75 Å². The van der Waals surface area contributed by atoms with Gasteiger partial charge in [-0.2, -0.15) is 11.8 Å². The number of ether oxygens (including phenoxy) is 1. The van der Waals surface area contributed by atoms with Crippen molar-refractivity contribution in [1.29, 1.82) is 0 Å². The molecule has 0 spiro atoms. The molecular weight excluding hydrogens is 252 g/mol. The molecule has 0 heterocycles. The van der Waals surface area contributed by atoms with E-state index in [1.165, 1.54) is 49.2 Å². The number of thioether (sulfide) groups is 1. The summed E-state index contributed by atoms with van der Waals surface area (Å²) in [5.41, 5.74) is 1.35. The van der Waals surface area contributed by atoms with E-state index in [0.717, 1.165) is 18.8 Å². The number of benzene rings is 1. The maximum Gasteiger partial charge on any atom is 0.122 e. The van der Waals surface area contributed by atoms with Crippen LogP contribution in [-0.4, -0.2) is 18.1 Å². The van der Waals surface area contributed by atoms with Crippen LogP contribution < -0.4 is 4.74 Å². The number of hydrogen-bond donors (Lipinski definition) is 0. The molecule has 1 nitrogen and oxygen atoms in total. The highest BCUT2D eigenvalue weighted by Gasteiger charge is 2.01. The number of unbranched alkanes of at least 4 members (excludes halogenated alkanes) is 3. The van der Waals surface area contributed by atoms with Gasteiger partial charge in [0.05, 0.1) is 6.61 Å². The second-order valence-corrected chi connectivity index (χ2v) is 6.21. The van der Waals surface area contributed by atoms with E-state index in [1.54, 1.807) is 0 Å². The number of rotatable bonds is 11. The van der Waals surface area contributed by atoms with Gasteiger partial charge in [-0.1, -0.05) is 51.3 Å². The number of para-hydroxylation sites is 1. The molecule has 19 heavy (non-hydrogen) atoms. The topological polar surface area (TPSA) is 9.23 Å². The summed E-state index contributed by atoms with van der Waals surface area (Å²) in [6.45, 7) is 5.30. The fourth-order valence-electron chi connectivity index (χ4n) is 2.11. The third kappa shape index (κ3) is 7.51. The van der Waals surface area contributed by atoms with Crippen LogP contribution >= 0.6 is 11.8 Å². The van der Waals surface area contributed by atoms with Crippen LogP contribution in [0.2, 0.25) is 0 Å². The van der Waals surface area contributed by atoms with E-state index in [9.17, 15) is 0 Å². The van der Waals surface area contributed by atoms with Crippen molar-refractivity contribution >= 4 is 11.8 Å². The van der Waals surface area contributed by atoms with Gasteiger partial charge in [-0.3, -0.25) is 0 Å². The molecule has 108 valence electrons. The van der Waals surface area contributed by atoms with E-state index in [4.69, 9.17) is 4.74 Å². The van der Waals surface area contributed by atoms with Crippen LogP contribution in [-0.2, 0) is 6.42 Å². The van der Waals surface area contributed by atoms with E-state index >= 15 is 0 Å². The Morgan fingerprint density at radius 3 is 2.58 bits per heavy atom. The predicted molar refractivity (Wildman–Crippen MR) is 87.4 cm³/mol. The first-order valence-electron chi connectivity index (χ1n) is 7.67. The van der Waals surface area contributed by atoms with Gasteiger partial charge in [0.2, 0.25) is 0 Å². The van der Waals surface area contributed by atoms with Gasteiger partial charge in [-0.05, 0) is 42.4 Å². The third-order valence-corrected chi connectivity index (χ3v) is 4.12. The zero-order valence-electron chi connectivity index (χ0n) is 12.5. The fraction of sp³-hybridized carbons (Fsp3) is 0.647. The summed E-state index contributed by atoms with van der Waals surface area (Å²) in [6, 6.07) is 8.45. The molecule has 0 bridgehead atoms. The first-order valence-corrected chi connectivity index (χ1v) is 8.82. The Balaban J connectivity index is 2.12. The van der Waals surface area contributed by atoms with Gasteiger partial charge in [0.15, 0.2) is 0 Å². The highest BCUT2D eigenvalue weighted by Crippen LogP contribution is 2.20. The first-order chi connectivity index (χ1) is 9.38. The molecule has 0 amide bonds. The normalized spacial score (nSPS) is 10.6. The van der Waals surface area contributed by atoms with Crippen molar-refractivity contribution < 1.29 is 4.74 Å². The number of hydrogen-bond acceptors (Lipinski definition) is 2. The molecule has 0 atom stereocenters. The summed E-state index contributed by atoms with van der Waals surface area (Å²) in [6.07, 6.45) is 7.45. The molecule has 1 aromatic rings. The molecule has 0 aliphatic rings. The molecule has 0 aliphatic carbocycles. The lowest BCUT2D eigenvalue weighted by molar-refractivity contribution is 0.302. The van der Waals surface area contributed by atoms with Gasteiger partial charge < -0.3 is 4.74 Å². The average molecular weight is 280 g/mol. The minimum atomic E-state index is 0.863. The molecule has 0 unspecified atom stereocenters. The lowest BCUT2D eigenvalue weighted by Gasteiger charge is -2.10. The highest BCUT2D eigenvalue weighted by atomic mass is 32.2. The van der Waals surface area contributed by atoms with Crippen LogP contribution in [0.15, 0.2) is 24.3 Å². The van der Waals surface area contributed by atoms with Gasteiger partial charge in [-0.15, -0.1) is 0 Å². The quantitative estimate of drug-likeness (QED) is 0.507. The largest absolute Gasteiger partial charge is 0.493 e. The van der Waals surface area contributed by atoms with Crippen molar-refractivity contribution in [2.45, 2.75) is 52.4 Å². The van der Waals surface area contributed by atoms with E-state index in [-0.39, 0.29) is 0 Å². The molecule has 1 aromatic carbocycles. The standard InChI is InChI=1S/C17H28OS/c1-3-11-16-12-7-8-13-17(16)18-14-9-5-6-10-15-19-4-2/h7-8,12-13H,3-6,9-11,14-15H2,1-2H3. The Morgan fingerprint density at radius 2 is 1.79 bits per heavy atom. The van der Waals surface area contributed by atoms with E-state index in [2.05, 4.69) is 38.1 Å². The molecule has 0 radical (unpaired) electrons. The van der Waals surface area contributed by atoms with E-state index in [0.29, 0.717) is 0 Å². The maximum atomic E-state index is 5.91. The summed E-state index contributed by atoms with van der Waals surface area (Å²) in [4.78, 5) is 0. The third-order valence-electron chi connectivity index (χ3n) is 3.14. The van der Waals surface area contributed by atoms with Gasteiger partial charge in [0.1, 0.15) is 5.75 Å². The molecule has 0 aromatic heterocycles. The van der Waals surface area contributed by atoms with Crippen LogP contribution in [0.4, 0.5) is 0 Å². The molecule has 2 heteroatoms. The molecule has 0 saturated heterocycles. The van der Waals surface area contributed by atoms with Crippen molar-refractivity contribution in [3.8, 4) is 5.75 Å². The molecular formula is C17H28OS. The van der Waals surface area contributed by atoms with Crippen LogP contribution in [0.3, 0.4) is 0 Å². The van der Waals surface area contributed by atoms with Crippen LogP contribution in [0.1, 0.15) is 51.5 Å². The Kier molecular flexibility index (Phi) is 9.70. The van der Waals surface area contributed by atoms with Crippen molar-refractivity contribution in [1.82, 2.24) is 0 Å². The molecule has 0 N–H and O–H groups in total. The summed E-state index contributed by atoms with van der Waals surface area (Å²) >= 11 is 2.04. The van der Waals surface area contributed by atoms with Crippen molar-refractivity contribution in [2.24, 2.45) is 0 Å². The van der Waals surface area contributed by atoms with Crippen molar-refractivity contribution in [3.05, 3.63) is 29.8 Å². The summed E-state index contributed by atoms with van der Waals surface area (Å²) in [7, 11) is 0. The summed E-state index contributed by atoms with van der Waals surface area (Å²) in [5, 5.41) is 0.